The molecule has 0 atom stereocenters. The van der Waals surface area contributed by atoms with Crippen LogP contribution in [-0.4, -0.2) is 13.1 Å². The first-order valence-corrected chi connectivity index (χ1v) is 6.33. The minimum atomic E-state index is -0.384. The minimum absolute atomic E-state index is 0.384. The number of carbonyl (C=O) groups is 1. The van der Waals surface area contributed by atoms with Gasteiger partial charge >= 0.3 is 5.97 Å². The zero-order valence-electron chi connectivity index (χ0n) is 11.6. The van der Waals surface area contributed by atoms with Gasteiger partial charge in [0.15, 0.2) is 0 Å². The Kier molecular flexibility index (Phi) is 4.20. The summed E-state index contributed by atoms with van der Waals surface area (Å²) in [5.41, 5.74) is 10.3. The second-order valence-corrected chi connectivity index (χ2v) is 4.52. The molecule has 0 aliphatic heterocycles. The SMILES string of the molecule is COC(=O)/C=C(/c1ccccc1)c1cc(N)ccc1C. The van der Waals surface area contributed by atoms with Crippen molar-refractivity contribution >= 4 is 17.2 Å². The van der Waals surface area contributed by atoms with Crippen LogP contribution < -0.4 is 5.73 Å². The van der Waals surface area contributed by atoms with Crippen molar-refractivity contribution in [1.82, 2.24) is 0 Å². The predicted molar refractivity (Wildman–Crippen MR) is 81.1 cm³/mol. The predicted octanol–water partition coefficient (Wildman–Crippen LogP) is 3.18. The van der Waals surface area contributed by atoms with Gasteiger partial charge in [-0.15, -0.1) is 0 Å². The van der Waals surface area contributed by atoms with Crippen molar-refractivity contribution in [2.45, 2.75) is 6.92 Å². The third-order valence-corrected chi connectivity index (χ3v) is 3.10. The second-order valence-electron chi connectivity index (χ2n) is 4.52. The Morgan fingerprint density at radius 3 is 2.50 bits per heavy atom. The summed E-state index contributed by atoms with van der Waals surface area (Å²) in [4.78, 5) is 11.6. The van der Waals surface area contributed by atoms with Gasteiger partial charge in [0.2, 0.25) is 0 Å². The maximum absolute atomic E-state index is 11.6. The Bertz CT molecular complexity index is 645. The maximum Gasteiger partial charge on any atom is 0.331 e. The fraction of sp³-hybridized carbons (Fsp3) is 0.118. The average Bonchev–Trinajstić information content (AvgIpc) is 2.48. The number of esters is 1. The number of benzene rings is 2. The van der Waals surface area contributed by atoms with E-state index >= 15 is 0 Å². The molecule has 0 bridgehead atoms. The number of rotatable bonds is 3. The van der Waals surface area contributed by atoms with Crippen molar-refractivity contribution < 1.29 is 9.53 Å². The monoisotopic (exact) mass is 267 g/mol. The Balaban J connectivity index is 2.61. The topological polar surface area (TPSA) is 52.3 Å². The molecule has 0 aromatic heterocycles. The zero-order valence-corrected chi connectivity index (χ0v) is 11.6. The lowest BCUT2D eigenvalue weighted by Crippen LogP contribution is -2.00. The summed E-state index contributed by atoms with van der Waals surface area (Å²) in [7, 11) is 1.37. The van der Waals surface area contributed by atoms with Crippen LogP contribution in [0.1, 0.15) is 16.7 Å². The summed E-state index contributed by atoms with van der Waals surface area (Å²) in [5, 5.41) is 0. The van der Waals surface area contributed by atoms with E-state index in [1.165, 1.54) is 13.2 Å². The molecule has 3 nitrogen and oxygen atoms in total. The summed E-state index contributed by atoms with van der Waals surface area (Å²) in [6.45, 7) is 1.99. The van der Waals surface area contributed by atoms with Gasteiger partial charge in [-0.25, -0.2) is 4.79 Å². The molecule has 0 aliphatic rings. The van der Waals surface area contributed by atoms with Gasteiger partial charge in [-0.1, -0.05) is 36.4 Å². The molecule has 0 heterocycles. The lowest BCUT2D eigenvalue weighted by Gasteiger charge is -2.12. The van der Waals surface area contributed by atoms with E-state index in [4.69, 9.17) is 10.5 Å². The molecule has 2 rings (SSSR count). The van der Waals surface area contributed by atoms with Crippen LogP contribution in [0.5, 0.6) is 0 Å². The number of ether oxygens (including phenoxy) is 1. The standard InChI is InChI=1S/C17H17NO2/c1-12-8-9-14(18)10-15(12)16(11-17(19)20-2)13-6-4-3-5-7-13/h3-11H,18H2,1-2H3/b16-11-. The molecule has 0 saturated heterocycles. The van der Waals surface area contributed by atoms with Crippen molar-refractivity contribution in [3.8, 4) is 0 Å². The molecule has 0 saturated carbocycles. The van der Waals surface area contributed by atoms with Crippen molar-refractivity contribution in [3.63, 3.8) is 0 Å². The van der Waals surface area contributed by atoms with Gasteiger partial charge in [-0.05, 0) is 41.3 Å². The van der Waals surface area contributed by atoms with Crippen LogP contribution >= 0.6 is 0 Å². The Labute approximate surface area is 118 Å². The number of hydrogen-bond acceptors (Lipinski definition) is 3. The Morgan fingerprint density at radius 2 is 1.85 bits per heavy atom. The number of nitrogens with two attached hydrogens (primary N) is 1. The normalized spacial score (nSPS) is 11.2. The van der Waals surface area contributed by atoms with E-state index in [0.717, 1.165) is 22.3 Å². The summed E-state index contributed by atoms with van der Waals surface area (Å²) < 4.78 is 4.75. The highest BCUT2D eigenvalue weighted by Gasteiger charge is 2.10. The summed E-state index contributed by atoms with van der Waals surface area (Å²) >= 11 is 0. The van der Waals surface area contributed by atoms with Crippen LogP contribution in [-0.2, 0) is 9.53 Å². The van der Waals surface area contributed by atoms with Crippen molar-refractivity contribution in [2.24, 2.45) is 0 Å². The van der Waals surface area contributed by atoms with E-state index < -0.39 is 0 Å². The van der Waals surface area contributed by atoms with E-state index in [2.05, 4.69) is 0 Å². The number of hydrogen-bond donors (Lipinski definition) is 1. The van der Waals surface area contributed by atoms with Crippen molar-refractivity contribution in [1.29, 1.82) is 0 Å². The molecule has 2 aromatic rings. The van der Waals surface area contributed by atoms with Crippen LogP contribution in [0.3, 0.4) is 0 Å². The van der Waals surface area contributed by atoms with Crippen molar-refractivity contribution in [2.75, 3.05) is 12.8 Å². The van der Waals surface area contributed by atoms with E-state index in [9.17, 15) is 4.79 Å². The van der Waals surface area contributed by atoms with Gasteiger partial charge in [0.1, 0.15) is 0 Å². The average molecular weight is 267 g/mol. The van der Waals surface area contributed by atoms with Gasteiger partial charge in [-0.2, -0.15) is 0 Å². The first-order valence-electron chi connectivity index (χ1n) is 6.33. The molecular formula is C17H17NO2. The molecule has 0 aliphatic carbocycles. The molecule has 0 unspecified atom stereocenters. The third kappa shape index (κ3) is 3.06. The second kappa shape index (κ2) is 6.06. The van der Waals surface area contributed by atoms with Gasteiger partial charge in [-0.3, -0.25) is 0 Å². The van der Waals surface area contributed by atoms with Gasteiger partial charge in [0.25, 0.3) is 0 Å². The molecule has 3 heteroatoms. The van der Waals surface area contributed by atoms with Crippen LogP contribution in [0.25, 0.3) is 5.57 Å². The molecule has 0 spiro atoms. The number of nitrogen functional groups attached to an aromatic ring is 1. The molecule has 102 valence electrons. The van der Waals surface area contributed by atoms with E-state index in [1.807, 2.05) is 55.5 Å². The highest BCUT2D eigenvalue weighted by atomic mass is 16.5. The molecule has 0 radical (unpaired) electrons. The Morgan fingerprint density at radius 1 is 1.15 bits per heavy atom. The van der Waals surface area contributed by atoms with Crippen LogP contribution in [0.15, 0.2) is 54.6 Å². The zero-order chi connectivity index (χ0) is 14.5. The van der Waals surface area contributed by atoms with Gasteiger partial charge in [0, 0.05) is 11.8 Å². The van der Waals surface area contributed by atoms with E-state index in [-0.39, 0.29) is 5.97 Å². The highest BCUT2D eigenvalue weighted by molar-refractivity contribution is 5.97. The highest BCUT2D eigenvalue weighted by Crippen LogP contribution is 2.27. The smallest absolute Gasteiger partial charge is 0.331 e. The number of aryl methyl sites for hydroxylation is 1. The Hall–Kier alpha value is -2.55. The van der Waals surface area contributed by atoms with E-state index in [1.54, 1.807) is 0 Å². The number of anilines is 1. The van der Waals surface area contributed by atoms with Gasteiger partial charge < -0.3 is 10.5 Å². The largest absolute Gasteiger partial charge is 0.466 e. The first-order chi connectivity index (χ1) is 9.61. The maximum atomic E-state index is 11.6. The molecule has 0 amide bonds. The number of methoxy groups -OCH3 is 1. The molecule has 20 heavy (non-hydrogen) atoms. The quantitative estimate of drug-likeness (QED) is 0.528. The number of carbonyl (C=O) groups excluding carboxylic acids is 1. The lowest BCUT2D eigenvalue weighted by molar-refractivity contribution is -0.134. The van der Waals surface area contributed by atoms with Gasteiger partial charge in [0.05, 0.1) is 7.11 Å². The summed E-state index contributed by atoms with van der Waals surface area (Å²) in [6, 6.07) is 15.4. The summed E-state index contributed by atoms with van der Waals surface area (Å²) in [5.74, 6) is -0.384. The third-order valence-electron chi connectivity index (χ3n) is 3.10. The minimum Gasteiger partial charge on any atom is -0.466 e. The van der Waals surface area contributed by atoms with Crippen LogP contribution in [0.2, 0.25) is 0 Å². The lowest BCUT2D eigenvalue weighted by atomic mass is 9.93. The fourth-order valence-corrected chi connectivity index (χ4v) is 2.04. The van der Waals surface area contributed by atoms with Crippen molar-refractivity contribution in [3.05, 3.63) is 71.3 Å². The molecule has 0 fully saturated rings. The summed E-state index contributed by atoms with van der Waals surface area (Å²) in [6.07, 6.45) is 1.50. The van der Waals surface area contributed by atoms with Crippen LogP contribution in [0.4, 0.5) is 5.69 Å². The molecule has 2 N–H and O–H groups in total. The molecule has 2 aromatic carbocycles. The first kappa shape index (κ1) is 13.9. The molecular weight excluding hydrogens is 250 g/mol. The van der Waals surface area contributed by atoms with Crippen LogP contribution in [0, 0.1) is 6.92 Å². The fourth-order valence-electron chi connectivity index (χ4n) is 2.04. The van der Waals surface area contributed by atoms with E-state index in [0.29, 0.717) is 5.69 Å².